The summed E-state index contributed by atoms with van der Waals surface area (Å²) >= 11 is 0. The second-order valence-corrected chi connectivity index (χ2v) is 2.69. The summed E-state index contributed by atoms with van der Waals surface area (Å²) in [6, 6.07) is 8.89. The number of aromatic nitrogens is 3. The maximum absolute atomic E-state index is 10.8. The SMILES string of the molecule is N#Cc1cccc(-n2cnc(=O)[nH]2)c1. The Labute approximate surface area is 79.2 Å². The van der Waals surface area contributed by atoms with Crippen LogP contribution < -0.4 is 5.69 Å². The van der Waals surface area contributed by atoms with Gasteiger partial charge in [-0.15, -0.1) is 0 Å². The number of hydrogen-bond acceptors (Lipinski definition) is 3. The third kappa shape index (κ3) is 1.41. The molecule has 0 bridgehead atoms. The Morgan fingerprint density at radius 3 is 3.00 bits per heavy atom. The minimum absolute atomic E-state index is 0.410. The summed E-state index contributed by atoms with van der Waals surface area (Å²) in [5.74, 6) is 0. The first-order chi connectivity index (χ1) is 6.79. The molecule has 0 saturated heterocycles. The van der Waals surface area contributed by atoms with Crippen LogP contribution in [0.2, 0.25) is 0 Å². The van der Waals surface area contributed by atoms with Crippen molar-refractivity contribution < 1.29 is 0 Å². The zero-order valence-corrected chi connectivity index (χ0v) is 7.14. The minimum Gasteiger partial charge on any atom is -0.244 e. The minimum atomic E-state index is -0.410. The van der Waals surface area contributed by atoms with Gasteiger partial charge in [0.15, 0.2) is 0 Å². The van der Waals surface area contributed by atoms with Gasteiger partial charge in [0.1, 0.15) is 6.33 Å². The van der Waals surface area contributed by atoms with Gasteiger partial charge in [0, 0.05) is 0 Å². The summed E-state index contributed by atoms with van der Waals surface area (Å²) in [5.41, 5.74) is 0.836. The van der Waals surface area contributed by atoms with E-state index in [1.807, 2.05) is 6.07 Å². The van der Waals surface area contributed by atoms with Crippen molar-refractivity contribution >= 4 is 0 Å². The summed E-state index contributed by atoms with van der Waals surface area (Å²) in [4.78, 5) is 14.3. The van der Waals surface area contributed by atoms with Crippen LogP contribution in [-0.2, 0) is 0 Å². The number of H-pyrrole nitrogens is 1. The fourth-order valence-electron chi connectivity index (χ4n) is 1.13. The maximum atomic E-state index is 10.8. The zero-order chi connectivity index (χ0) is 9.97. The van der Waals surface area contributed by atoms with E-state index in [0.29, 0.717) is 11.3 Å². The Morgan fingerprint density at radius 2 is 2.36 bits per heavy atom. The number of aromatic amines is 1. The molecule has 0 atom stereocenters. The molecular formula is C9H6N4O. The molecular weight excluding hydrogens is 180 g/mol. The number of nitrogens with one attached hydrogen (secondary N) is 1. The van der Waals surface area contributed by atoms with Crippen molar-refractivity contribution in [2.75, 3.05) is 0 Å². The lowest BCUT2D eigenvalue weighted by molar-refractivity contribution is 0.863. The predicted molar refractivity (Wildman–Crippen MR) is 48.9 cm³/mol. The highest BCUT2D eigenvalue weighted by atomic mass is 16.1. The first kappa shape index (κ1) is 8.26. The lowest BCUT2D eigenvalue weighted by Gasteiger charge is -1.99. The van der Waals surface area contributed by atoms with Crippen LogP contribution in [0.3, 0.4) is 0 Å². The molecule has 0 amide bonds. The van der Waals surface area contributed by atoms with Gasteiger partial charge in [0.25, 0.3) is 0 Å². The first-order valence-electron chi connectivity index (χ1n) is 3.94. The Morgan fingerprint density at radius 1 is 1.50 bits per heavy atom. The Bertz CT molecular complexity index is 546. The van der Waals surface area contributed by atoms with Crippen LogP contribution in [0.4, 0.5) is 0 Å². The van der Waals surface area contributed by atoms with E-state index in [1.54, 1.807) is 24.3 Å². The highest BCUT2D eigenvalue weighted by molar-refractivity contribution is 5.40. The van der Waals surface area contributed by atoms with Crippen molar-refractivity contribution in [2.24, 2.45) is 0 Å². The molecule has 5 heteroatoms. The summed E-state index contributed by atoms with van der Waals surface area (Å²) in [6.07, 6.45) is 1.37. The number of nitrogens with zero attached hydrogens (tertiary/aromatic N) is 3. The fourth-order valence-corrected chi connectivity index (χ4v) is 1.13. The topological polar surface area (TPSA) is 74.5 Å². The molecule has 2 rings (SSSR count). The van der Waals surface area contributed by atoms with Gasteiger partial charge < -0.3 is 0 Å². The van der Waals surface area contributed by atoms with Crippen molar-refractivity contribution in [3.8, 4) is 11.8 Å². The molecule has 5 nitrogen and oxygen atoms in total. The maximum Gasteiger partial charge on any atom is 0.361 e. The number of nitriles is 1. The monoisotopic (exact) mass is 186 g/mol. The molecule has 14 heavy (non-hydrogen) atoms. The predicted octanol–water partition coefficient (Wildman–Crippen LogP) is 0.432. The number of rotatable bonds is 1. The van der Waals surface area contributed by atoms with Gasteiger partial charge in [-0.1, -0.05) is 6.07 Å². The molecule has 0 radical (unpaired) electrons. The molecule has 1 heterocycles. The third-order valence-electron chi connectivity index (χ3n) is 1.76. The van der Waals surface area contributed by atoms with E-state index in [1.165, 1.54) is 11.0 Å². The van der Waals surface area contributed by atoms with Crippen molar-refractivity contribution in [1.29, 1.82) is 5.26 Å². The van der Waals surface area contributed by atoms with Crippen LogP contribution in [0, 0.1) is 11.3 Å². The average Bonchev–Trinajstić information content (AvgIpc) is 2.65. The van der Waals surface area contributed by atoms with Crippen LogP contribution >= 0.6 is 0 Å². The lowest BCUT2D eigenvalue weighted by atomic mass is 10.2. The van der Waals surface area contributed by atoms with Crippen LogP contribution in [0.15, 0.2) is 35.4 Å². The molecule has 0 saturated carbocycles. The summed E-state index contributed by atoms with van der Waals surface area (Å²) in [5, 5.41) is 11.2. The molecule has 0 unspecified atom stereocenters. The van der Waals surface area contributed by atoms with Crippen LogP contribution in [0.5, 0.6) is 0 Å². The first-order valence-corrected chi connectivity index (χ1v) is 3.94. The van der Waals surface area contributed by atoms with Crippen LogP contribution in [-0.4, -0.2) is 14.8 Å². The van der Waals surface area contributed by atoms with E-state index in [-0.39, 0.29) is 0 Å². The van der Waals surface area contributed by atoms with E-state index >= 15 is 0 Å². The number of benzene rings is 1. The molecule has 1 aromatic heterocycles. The molecule has 1 N–H and O–H groups in total. The van der Waals surface area contributed by atoms with Gasteiger partial charge in [-0.25, -0.2) is 14.6 Å². The molecule has 0 aliphatic rings. The summed E-state index contributed by atoms with van der Waals surface area (Å²) < 4.78 is 1.46. The van der Waals surface area contributed by atoms with E-state index in [4.69, 9.17) is 5.26 Å². The quantitative estimate of drug-likeness (QED) is 0.701. The largest absolute Gasteiger partial charge is 0.361 e. The van der Waals surface area contributed by atoms with Gasteiger partial charge >= 0.3 is 5.69 Å². The molecule has 0 aliphatic heterocycles. The van der Waals surface area contributed by atoms with E-state index in [9.17, 15) is 4.79 Å². The van der Waals surface area contributed by atoms with Gasteiger partial charge in [0.05, 0.1) is 17.3 Å². The molecule has 2 aromatic rings. The Kier molecular flexibility index (Phi) is 1.88. The average molecular weight is 186 g/mol. The standard InChI is InChI=1S/C9H6N4O/c10-5-7-2-1-3-8(4-7)13-6-11-9(14)12-13/h1-4,6H,(H,12,14). The third-order valence-corrected chi connectivity index (χ3v) is 1.76. The molecule has 0 fully saturated rings. The van der Waals surface area contributed by atoms with E-state index < -0.39 is 5.69 Å². The highest BCUT2D eigenvalue weighted by Crippen LogP contribution is 2.06. The lowest BCUT2D eigenvalue weighted by Crippen LogP contribution is -2.04. The molecule has 0 spiro atoms. The van der Waals surface area contributed by atoms with Gasteiger partial charge in [0.2, 0.25) is 0 Å². The van der Waals surface area contributed by atoms with Gasteiger partial charge in [-0.3, -0.25) is 0 Å². The summed E-state index contributed by atoms with van der Waals surface area (Å²) in [6.45, 7) is 0. The molecule has 0 aliphatic carbocycles. The Balaban J connectivity index is 2.53. The number of hydrogen-bond donors (Lipinski definition) is 1. The highest BCUT2D eigenvalue weighted by Gasteiger charge is 1.98. The van der Waals surface area contributed by atoms with E-state index in [2.05, 4.69) is 10.1 Å². The van der Waals surface area contributed by atoms with Crippen molar-refractivity contribution in [1.82, 2.24) is 14.8 Å². The molecule has 68 valence electrons. The van der Waals surface area contributed by atoms with Crippen molar-refractivity contribution in [3.63, 3.8) is 0 Å². The van der Waals surface area contributed by atoms with Crippen molar-refractivity contribution in [3.05, 3.63) is 46.6 Å². The van der Waals surface area contributed by atoms with Crippen LogP contribution in [0.25, 0.3) is 5.69 Å². The Hall–Kier alpha value is -2.35. The second-order valence-electron chi connectivity index (χ2n) is 2.69. The molecule has 1 aromatic carbocycles. The van der Waals surface area contributed by atoms with Gasteiger partial charge in [-0.2, -0.15) is 10.2 Å². The zero-order valence-electron chi connectivity index (χ0n) is 7.14. The summed E-state index contributed by atoms with van der Waals surface area (Å²) in [7, 11) is 0. The second kappa shape index (κ2) is 3.18. The van der Waals surface area contributed by atoms with E-state index in [0.717, 1.165) is 0 Å². The normalized spacial score (nSPS) is 9.64. The van der Waals surface area contributed by atoms with Crippen molar-refractivity contribution in [2.45, 2.75) is 0 Å². The smallest absolute Gasteiger partial charge is 0.244 e. The van der Waals surface area contributed by atoms with Gasteiger partial charge in [-0.05, 0) is 18.2 Å². The van der Waals surface area contributed by atoms with Crippen LogP contribution in [0.1, 0.15) is 5.56 Å². The fraction of sp³-hybridized carbons (Fsp3) is 0.